The van der Waals surface area contributed by atoms with Gasteiger partial charge in [-0.3, -0.25) is 0 Å². The smallest absolute Gasteiger partial charge is 0.119 e. The van der Waals surface area contributed by atoms with E-state index in [4.69, 9.17) is 10.5 Å². The highest BCUT2D eigenvalue weighted by atomic mass is 16.5. The highest BCUT2D eigenvalue weighted by molar-refractivity contribution is 5.28. The van der Waals surface area contributed by atoms with Gasteiger partial charge >= 0.3 is 0 Å². The molecule has 1 rings (SSSR count). The second-order valence-corrected chi connectivity index (χ2v) is 3.86. The van der Waals surface area contributed by atoms with Crippen molar-refractivity contribution in [3.05, 3.63) is 29.8 Å². The third kappa shape index (κ3) is 4.21. The Hall–Kier alpha value is -1.06. The number of nitrogens with two attached hydrogens (primary N) is 1. The van der Waals surface area contributed by atoms with Gasteiger partial charge in [-0.1, -0.05) is 19.1 Å². The summed E-state index contributed by atoms with van der Waals surface area (Å²) in [6.45, 7) is 3.43. The van der Waals surface area contributed by atoms with Crippen LogP contribution in [0.15, 0.2) is 24.3 Å². The van der Waals surface area contributed by atoms with Crippen molar-refractivity contribution in [3.63, 3.8) is 0 Å². The van der Waals surface area contributed by atoms with Crippen LogP contribution in [0.5, 0.6) is 5.75 Å². The van der Waals surface area contributed by atoms with Gasteiger partial charge in [-0.25, -0.2) is 0 Å². The molecule has 1 unspecified atom stereocenters. The molecule has 16 heavy (non-hydrogen) atoms. The summed E-state index contributed by atoms with van der Waals surface area (Å²) in [6, 6.07) is 7.62. The fourth-order valence-electron chi connectivity index (χ4n) is 1.48. The summed E-state index contributed by atoms with van der Waals surface area (Å²) in [5.41, 5.74) is 6.33. The van der Waals surface area contributed by atoms with Gasteiger partial charge in [0.15, 0.2) is 0 Å². The molecule has 1 atom stereocenters. The summed E-state index contributed by atoms with van der Waals surface area (Å²) in [6.07, 6.45) is 2.14. The second-order valence-electron chi connectivity index (χ2n) is 3.86. The average Bonchev–Trinajstić information content (AvgIpc) is 2.34. The predicted octanol–water partition coefficient (Wildman–Crippen LogP) is 2.25. The molecule has 0 saturated heterocycles. The van der Waals surface area contributed by atoms with Crippen molar-refractivity contribution in [1.82, 2.24) is 0 Å². The Morgan fingerprint density at radius 3 is 2.56 bits per heavy atom. The van der Waals surface area contributed by atoms with Gasteiger partial charge in [-0.2, -0.15) is 0 Å². The van der Waals surface area contributed by atoms with Gasteiger partial charge in [0.2, 0.25) is 0 Å². The molecule has 90 valence electrons. The first kappa shape index (κ1) is 13.0. The van der Waals surface area contributed by atoms with Crippen molar-refractivity contribution in [3.8, 4) is 5.75 Å². The van der Waals surface area contributed by atoms with Gasteiger partial charge in [0.25, 0.3) is 0 Å². The monoisotopic (exact) mass is 223 g/mol. The maximum Gasteiger partial charge on any atom is 0.119 e. The summed E-state index contributed by atoms with van der Waals surface area (Å²) in [7, 11) is 0. The molecule has 0 aliphatic carbocycles. The minimum absolute atomic E-state index is 0.413. The standard InChI is InChI=1S/C13H21NO2/c1-2-10-16-12-7-5-11(6-8-12)13(15)4-3-9-14/h5-8,13,15H,2-4,9-10,14H2,1H3. The fraction of sp³-hybridized carbons (Fsp3) is 0.538. The van der Waals surface area contributed by atoms with Crippen LogP contribution in [0.3, 0.4) is 0 Å². The van der Waals surface area contributed by atoms with Gasteiger partial charge in [0, 0.05) is 0 Å². The van der Waals surface area contributed by atoms with Crippen LogP contribution >= 0.6 is 0 Å². The molecule has 0 heterocycles. The molecular formula is C13H21NO2. The van der Waals surface area contributed by atoms with E-state index in [-0.39, 0.29) is 0 Å². The van der Waals surface area contributed by atoms with E-state index in [2.05, 4.69) is 6.92 Å². The number of ether oxygens (including phenoxy) is 1. The molecule has 1 aromatic rings. The molecule has 0 saturated carbocycles. The van der Waals surface area contributed by atoms with E-state index in [1.165, 1.54) is 0 Å². The van der Waals surface area contributed by atoms with E-state index < -0.39 is 6.10 Å². The lowest BCUT2D eigenvalue weighted by Crippen LogP contribution is -2.03. The summed E-state index contributed by atoms with van der Waals surface area (Å²) in [5.74, 6) is 0.858. The molecular weight excluding hydrogens is 202 g/mol. The predicted molar refractivity (Wildman–Crippen MR) is 65.5 cm³/mol. The Balaban J connectivity index is 2.49. The van der Waals surface area contributed by atoms with Crippen molar-refractivity contribution in [1.29, 1.82) is 0 Å². The number of hydrogen-bond acceptors (Lipinski definition) is 3. The second kappa shape index (κ2) is 7.25. The summed E-state index contributed by atoms with van der Waals surface area (Å²) < 4.78 is 5.47. The fourth-order valence-corrected chi connectivity index (χ4v) is 1.48. The minimum Gasteiger partial charge on any atom is -0.494 e. The van der Waals surface area contributed by atoms with E-state index in [1.807, 2.05) is 24.3 Å². The van der Waals surface area contributed by atoms with Crippen molar-refractivity contribution in [2.75, 3.05) is 13.2 Å². The largest absolute Gasteiger partial charge is 0.494 e. The Morgan fingerprint density at radius 1 is 1.31 bits per heavy atom. The average molecular weight is 223 g/mol. The van der Waals surface area contributed by atoms with Gasteiger partial charge in [0.05, 0.1) is 12.7 Å². The van der Waals surface area contributed by atoms with Crippen molar-refractivity contribution < 1.29 is 9.84 Å². The van der Waals surface area contributed by atoms with Gasteiger partial charge in [-0.05, 0) is 43.5 Å². The maximum atomic E-state index is 9.82. The van der Waals surface area contributed by atoms with Crippen molar-refractivity contribution in [2.45, 2.75) is 32.3 Å². The van der Waals surface area contributed by atoms with Gasteiger partial charge in [0.1, 0.15) is 5.75 Å². The zero-order valence-electron chi connectivity index (χ0n) is 9.86. The van der Waals surface area contributed by atoms with Crippen LogP contribution in [0.1, 0.15) is 37.9 Å². The molecule has 0 amide bonds. The third-order valence-corrected chi connectivity index (χ3v) is 2.42. The van der Waals surface area contributed by atoms with E-state index in [1.54, 1.807) is 0 Å². The lowest BCUT2D eigenvalue weighted by atomic mass is 10.1. The zero-order valence-corrected chi connectivity index (χ0v) is 9.86. The SMILES string of the molecule is CCCOc1ccc(C(O)CCCN)cc1. The maximum absolute atomic E-state index is 9.82. The quantitative estimate of drug-likeness (QED) is 0.745. The number of aliphatic hydroxyl groups excluding tert-OH is 1. The highest BCUT2D eigenvalue weighted by Gasteiger charge is 2.06. The molecule has 3 N–H and O–H groups in total. The molecule has 1 aromatic carbocycles. The molecule has 3 heteroatoms. The topological polar surface area (TPSA) is 55.5 Å². The number of hydrogen-bond donors (Lipinski definition) is 2. The van der Waals surface area contributed by atoms with Gasteiger partial charge < -0.3 is 15.6 Å². The first-order valence-corrected chi connectivity index (χ1v) is 5.88. The summed E-state index contributed by atoms with van der Waals surface area (Å²) in [4.78, 5) is 0. The summed E-state index contributed by atoms with van der Waals surface area (Å²) in [5, 5.41) is 9.82. The minimum atomic E-state index is -0.413. The van der Waals surface area contributed by atoms with Crippen molar-refractivity contribution in [2.24, 2.45) is 5.73 Å². The Labute approximate surface area is 97.2 Å². The van der Waals surface area contributed by atoms with Crippen LogP contribution in [0.2, 0.25) is 0 Å². The normalized spacial score (nSPS) is 12.4. The summed E-state index contributed by atoms with van der Waals surface area (Å²) >= 11 is 0. The van der Waals surface area contributed by atoms with E-state index >= 15 is 0 Å². The van der Waals surface area contributed by atoms with Crippen LogP contribution in [0.25, 0.3) is 0 Å². The molecule has 0 fully saturated rings. The first-order chi connectivity index (χ1) is 7.77. The number of aliphatic hydroxyl groups is 1. The lowest BCUT2D eigenvalue weighted by Gasteiger charge is -2.11. The molecule has 0 radical (unpaired) electrons. The molecule has 0 bridgehead atoms. The Bertz CT molecular complexity index is 284. The Kier molecular flexibility index (Phi) is 5.90. The van der Waals surface area contributed by atoms with E-state index in [0.717, 1.165) is 30.8 Å². The van der Waals surface area contributed by atoms with Crippen LogP contribution in [-0.2, 0) is 0 Å². The molecule has 0 aromatic heterocycles. The molecule has 3 nitrogen and oxygen atoms in total. The van der Waals surface area contributed by atoms with Crippen LogP contribution in [0.4, 0.5) is 0 Å². The van der Waals surface area contributed by atoms with Crippen LogP contribution in [0, 0.1) is 0 Å². The third-order valence-electron chi connectivity index (χ3n) is 2.42. The Morgan fingerprint density at radius 2 is 2.00 bits per heavy atom. The number of rotatable bonds is 7. The first-order valence-electron chi connectivity index (χ1n) is 5.88. The highest BCUT2D eigenvalue weighted by Crippen LogP contribution is 2.21. The van der Waals surface area contributed by atoms with Gasteiger partial charge in [-0.15, -0.1) is 0 Å². The lowest BCUT2D eigenvalue weighted by molar-refractivity contribution is 0.165. The van der Waals surface area contributed by atoms with E-state index in [0.29, 0.717) is 13.0 Å². The van der Waals surface area contributed by atoms with Crippen molar-refractivity contribution >= 4 is 0 Å². The van der Waals surface area contributed by atoms with Crippen LogP contribution in [-0.4, -0.2) is 18.3 Å². The molecule has 0 aliphatic heterocycles. The molecule has 0 aliphatic rings. The van der Waals surface area contributed by atoms with Crippen LogP contribution < -0.4 is 10.5 Å². The van der Waals surface area contributed by atoms with E-state index in [9.17, 15) is 5.11 Å². The molecule has 0 spiro atoms. The number of benzene rings is 1. The zero-order chi connectivity index (χ0) is 11.8.